The molecule has 0 saturated heterocycles. The van der Waals surface area contributed by atoms with E-state index >= 15 is 0 Å². The third-order valence-electron chi connectivity index (χ3n) is 1.19. The van der Waals surface area contributed by atoms with Crippen molar-refractivity contribution < 1.29 is 14.4 Å². The SMILES string of the molecule is CONC(=O)[C@H](C)CSC(C)=O. The first-order valence-corrected chi connectivity index (χ1v) is 4.52. The van der Waals surface area contributed by atoms with Gasteiger partial charge in [-0.3, -0.25) is 14.4 Å². The first-order valence-electron chi connectivity index (χ1n) is 3.54. The number of hydroxylamine groups is 1. The van der Waals surface area contributed by atoms with Gasteiger partial charge < -0.3 is 0 Å². The van der Waals surface area contributed by atoms with Crippen molar-refractivity contribution in [1.29, 1.82) is 0 Å². The van der Waals surface area contributed by atoms with E-state index in [0.29, 0.717) is 5.75 Å². The Labute approximate surface area is 76.0 Å². The van der Waals surface area contributed by atoms with Gasteiger partial charge in [-0.05, 0) is 0 Å². The Bertz CT molecular complexity index is 172. The number of thioether (sulfide) groups is 1. The van der Waals surface area contributed by atoms with Gasteiger partial charge in [-0.25, -0.2) is 5.48 Å². The van der Waals surface area contributed by atoms with Gasteiger partial charge >= 0.3 is 0 Å². The van der Waals surface area contributed by atoms with Gasteiger partial charge in [-0.2, -0.15) is 0 Å². The van der Waals surface area contributed by atoms with Crippen LogP contribution in [0.25, 0.3) is 0 Å². The van der Waals surface area contributed by atoms with Gasteiger partial charge in [0.15, 0.2) is 5.12 Å². The highest BCUT2D eigenvalue weighted by atomic mass is 32.2. The first-order chi connectivity index (χ1) is 5.57. The largest absolute Gasteiger partial charge is 0.288 e. The molecule has 1 N–H and O–H groups in total. The summed E-state index contributed by atoms with van der Waals surface area (Å²) in [6.07, 6.45) is 0. The lowest BCUT2D eigenvalue weighted by Gasteiger charge is -2.08. The number of carbonyl (C=O) groups excluding carboxylic acids is 2. The first kappa shape index (κ1) is 11.4. The predicted molar refractivity (Wildman–Crippen MR) is 47.5 cm³/mol. The van der Waals surface area contributed by atoms with Crippen molar-refractivity contribution in [2.45, 2.75) is 13.8 Å². The fourth-order valence-electron chi connectivity index (χ4n) is 0.519. The van der Waals surface area contributed by atoms with E-state index in [-0.39, 0.29) is 16.9 Å². The highest BCUT2D eigenvalue weighted by Crippen LogP contribution is 2.08. The molecule has 1 atom stereocenters. The number of hydrogen-bond donors (Lipinski definition) is 1. The second-order valence-corrected chi connectivity index (χ2v) is 3.57. The summed E-state index contributed by atoms with van der Waals surface area (Å²) in [5.74, 6) is 0.0787. The second-order valence-electron chi connectivity index (χ2n) is 2.37. The third-order valence-corrected chi connectivity index (χ3v) is 2.26. The zero-order chi connectivity index (χ0) is 9.56. The van der Waals surface area contributed by atoms with Crippen molar-refractivity contribution in [2.24, 2.45) is 5.92 Å². The van der Waals surface area contributed by atoms with Crippen molar-refractivity contribution in [3.63, 3.8) is 0 Å². The number of nitrogens with one attached hydrogen (secondary N) is 1. The fraction of sp³-hybridized carbons (Fsp3) is 0.714. The van der Waals surface area contributed by atoms with E-state index in [1.54, 1.807) is 6.92 Å². The topological polar surface area (TPSA) is 55.4 Å². The van der Waals surface area contributed by atoms with Crippen LogP contribution in [0.5, 0.6) is 0 Å². The van der Waals surface area contributed by atoms with Gasteiger partial charge in [0, 0.05) is 18.6 Å². The van der Waals surface area contributed by atoms with Crippen LogP contribution in [0.15, 0.2) is 0 Å². The average molecular weight is 191 g/mol. The standard InChI is InChI=1S/C7H13NO3S/c1-5(4-12-6(2)9)7(10)8-11-3/h5H,4H2,1-3H3,(H,8,10)/t5-/m1/s1. The van der Waals surface area contributed by atoms with Crippen LogP contribution < -0.4 is 5.48 Å². The predicted octanol–water partition coefficient (Wildman–Crippen LogP) is 0.580. The molecule has 0 heterocycles. The molecular formula is C7H13NO3S. The molecule has 0 aliphatic carbocycles. The summed E-state index contributed by atoms with van der Waals surface area (Å²) in [5.41, 5.74) is 2.21. The van der Waals surface area contributed by atoms with E-state index in [0.717, 1.165) is 11.8 Å². The Balaban J connectivity index is 3.63. The molecule has 5 heteroatoms. The van der Waals surface area contributed by atoms with Crippen LogP contribution in [0.4, 0.5) is 0 Å². The number of amides is 1. The maximum absolute atomic E-state index is 11.0. The van der Waals surface area contributed by atoms with Gasteiger partial charge in [0.1, 0.15) is 0 Å². The normalized spacial score (nSPS) is 12.2. The van der Waals surface area contributed by atoms with Gasteiger partial charge in [-0.15, -0.1) is 0 Å². The van der Waals surface area contributed by atoms with Crippen molar-refractivity contribution in [1.82, 2.24) is 5.48 Å². The van der Waals surface area contributed by atoms with Gasteiger partial charge in [0.25, 0.3) is 0 Å². The summed E-state index contributed by atoms with van der Waals surface area (Å²) in [5, 5.41) is 0.0204. The molecule has 12 heavy (non-hydrogen) atoms. The summed E-state index contributed by atoms with van der Waals surface area (Å²) in [6, 6.07) is 0. The third kappa shape index (κ3) is 5.15. The van der Waals surface area contributed by atoms with E-state index in [2.05, 4.69) is 10.3 Å². The zero-order valence-corrected chi connectivity index (χ0v) is 8.23. The van der Waals surface area contributed by atoms with Crippen LogP contribution in [0, 0.1) is 5.92 Å². The molecule has 0 aliphatic heterocycles. The van der Waals surface area contributed by atoms with Gasteiger partial charge in [-0.1, -0.05) is 18.7 Å². The molecule has 0 fully saturated rings. The van der Waals surface area contributed by atoms with Gasteiger partial charge in [0.2, 0.25) is 5.91 Å². The molecule has 0 aliphatic rings. The molecule has 70 valence electrons. The van der Waals surface area contributed by atoms with E-state index in [1.807, 2.05) is 0 Å². The maximum Gasteiger partial charge on any atom is 0.247 e. The number of hydrogen-bond acceptors (Lipinski definition) is 4. The molecule has 0 aromatic heterocycles. The van der Waals surface area contributed by atoms with Gasteiger partial charge in [0.05, 0.1) is 7.11 Å². The highest BCUT2D eigenvalue weighted by Gasteiger charge is 2.12. The van der Waals surface area contributed by atoms with E-state index < -0.39 is 0 Å². The molecule has 0 saturated carbocycles. The van der Waals surface area contributed by atoms with Crippen LogP contribution in [0.1, 0.15) is 13.8 Å². The van der Waals surface area contributed by atoms with E-state index in [1.165, 1.54) is 14.0 Å². The van der Waals surface area contributed by atoms with Crippen LogP contribution in [-0.4, -0.2) is 23.9 Å². The maximum atomic E-state index is 11.0. The van der Waals surface area contributed by atoms with Crippen molar-refractivity contribution in [3.05, 3.63) is 0 Å². The lowest BCUT2D eigenvalue weighted by Crippen LogP contribution is -2.29. The molecule has 4 nitrogen and oxygen atoms in total. The van der Waals surface area contributed by atoms with E-state index in [4.69, 9.17) is 0 Å². The van der Waals surface area contributed by atoms with Crippen molar-refractivity contribution in [2.75, 3.05) is 12.9 Å². The molecule has 0 aromatic carbocycles. The molecule has 0 bridgehead atoms. The molecular weight excluding hydrogens is 178 g/mol. The van der Waals surface area contributed by atoms with Crippen LogP contribution in [-0.2, 0) is 14.4 Å². The highest BCUT2D eigenvalue weighted by molar-refractivity contribution is 8.13. The number of carbonyl (C=O) groups is 2. The van der Waals surface area contributed by atoms with Crippen molar-refractivity contribution in [3.8, 4) is 0 Å². The summed E-state index contributed by atoms with van der Waals surface area (Å²) in [7, 11) is 1.38. The van der Waals surface area contributed by atoms with Crippen LogP contribution >= 0.6 is 11.8 Å². The van der Waals surface area contributed by atoms with Crippen LogP contribution in [0.2, 0.25) is 0 Å². The van der Waals surface area contributed by atoms with Crippen LogP contribution in [0.3, 0.4) is 0 Å². The van der Waals surface area contributed by atoms with Crippen molar-refractivity contribution >= 4 is 22.8 Å². The minimum atomic E-state index is -0.209. The summed E-state index contributed by atoms with van der Waals surface area (Å²) >= 11 is 1.14. The Morgan fingerprint density at radius 2 is 2.17 bits per heavy atom. The second kappa shape index (κ2) is 6.02. The summed E-state index contributed by atoms with van der Waals surface area (Å²) < 4.78 is 0. The summed E-state index contributed by atoms with van der Waals surface area (Å²) in [4.78, 5) is 26.0. The minimum Gasteiger partial charge on any atom is -0.288 e. The Morgan fingerprint density at radius 1 is 1.58 bits per heavy atom. The smallest absolute Gasteiger partial charge is 0.247 e. The Kier molecular flexibility index (Phi) is 5.74. The quantitative estimate of drug-likeness (QED) is 0.660. The molecule has 0 rings (SSSR count). The van der Waals surface area contributed by atoms with E-state index in [9.17, 15) is 9.59 Å². The average Bonchev–Trinajstić information content (AvgIpc) is 2.00. The monoisotopic (exact) mass is 191 g/mol. The number of rotatable bonds is 4. The summed E-state index contributed by atoms with van der Waals surface area (Å²) in [6.45, 7) is 3.22. The fourth-order valence-corrected chi connectivity index (χ4v) is 1.16. The molecule has 1 amide bonds. The lowest BCUT2D eigenvalue weighted by atomic mass is 10.2. The lowest BCUT2D eigenvalue weighted by molar-refractivity contribution is -0.134. The minimum absolute atomic E-state index is 0.0204. The molecule has 0 spiro atoms. The zero-order valence-electron chi connectivity index (χ0n) is 7.42. The Morgan fingerprint density at radius 3 is 2.58 bits per heavy atom. The molecule has 0 aromatic rings. The Hall–Kier alpha value is -0.550. The molecule has 0 unspecified atom stereocenters. The molecule has 0 radical (unpaired) electrons.